The largest absolute Gasteiger partial charge is 0.253 e. The number of para-hydroxylation sites is 1. The van der Waals surface area contributed by atoms with Gasteiger partial charge in [-0.3, -0.25) is 4.98 Å². The van der Waals surface area contributed by atoms with Crippen molar-refractivity contribution in [1.29, 1.82) is 0 Å². The molecule has 0 N–H and O–H groups in total. The Labute approximate surface area is 275 Å². The van der Waals surface area contributed by atoms with E-state index in [1.807, 2.05) is 54.7 Å². The van der Waals surface area contributed by atoms with Gasteiger partial charge in [0.1, 0.15) is 11.0 Å². The fourth-order valence-corrected chi connectivity index (χ4v) is 7.18. The number of nitrogens with zero attached hydrogens (tertiary/aromatic N) is 5. The summed E-state index contributed by atoms with van der Waals surface area (Å²) >= 11 is 1.74. The quantitative estimate of drug-likeness (QED) is 0.192. The Morgan fingerprint density at radius 1 is 0.404 bits per heavy atom. The molecule has 0 amide bonds. The third-order valence-corrected chi connectivity index (χ3v) is 9.55. The Morgan fingerprint density at radius 3 is 1.57 bits per heavy atom. The van der Waals surface area contributed by atoms with Crippen molar-refractivity contribution in [3.8, 4) is 56.4 Å². The lowest BCUT2D eigenvalue weighted by atomic mass is 10.0. The summed E-state index contributed by atoms with van der Waals surface area (Å²) in [5.41, 5.74) is 10.2. The van der Waals surface area contributed by atoms with Crippen LogP contribution in [0.15, 0.2) is 152 Å². The number of hydrogen-bond donors (Lipinski definition) is 0. The molecule has 0 aliphatic heterocycles. The summed E-state index contributed by atoms with van der Waals surface area (Å²) in [4.78, 5) is 24.5. The average Bonchev–Trinajstić information content (AvgIpc) is 3.52. The maximum Gasteiger partial charge on any atom is 0.164 e. The van der Waals surface area contributed by atoms with E-state index in [1.165, 1.54) is 5.56 Å². The molecular formula is C41H25N5S. The SMILES string of the molecule is c1ccc(-c2ccc(-c3nc(-c4ccccc4)nc(-c4ccc(-c5ccnc6c5sc5cc7ccccc7nc56)cc4)n3)cc2)cc1. The zero-order chi connectivity index (χ0) is 31.2. The van der Waals surface area contributed by atoms with E-state index in [-0.39, 0.29) is 0 Å². The Morgan fingerprint density at radius 2 is 0.915 bits per heavy atom. The van der Waals surface area contributed by atoms with Gasteiger partial charge in [-0.1, -0.05) is 127 Å². The zero-order valence-electron chi connectivity index (χ0n) is 25.1. The molecule has 0 aliphatic rings. The molecule has 5 nitrogen and oxygen atoms in total. The van der Waals surface area contributed by atoms with Crippen molar-refractivity contribution in [3.63, 3.8) is 0 Å². The number of hydrogen-bond acceptors (Lipinski definition) is 6. The highest BCUT2D eigenvalue weighted by atomic mass is 32.1. The zero-order valence-corrected chi connectivity index (χ0v) is 25.9. The van der Waals surface area contributed by atoms with Gasteiger partial charge in [0.25, 0.3) is 0 Å². The van der Waals surface area contributed by atoms with Crippen LogP contribution >= 0.6 is 11.3 Å². The Bertz CT molecular complexity index is 2540. The minimum absolute atomic E-state index is 0.630. The van der Waals surface area contributed by atoms with Gasteiger partial charge < -0.3 is 0 Å². The van der Waals surface area contributed by atoms with Crippen molar-refractivity contribution < 1.29 is 0 Å². The van der Waals surface area contributed by atoms with Crippen molar-refractivity contribution in [2.75, 3.05) is 0 Å². The highest BCUT2D eigenvalue weighted by molar-refractivity contribution is 7.26. The van der Waals surface area contributed by atoms with Gasteiger partial charge in [-0.15, -0.1) is 11.3 Å². The smallest absolute Gasteiger partial charge is 0.164 e. The molecule has 6 heteroatoms. The first-order valence-corrected chi connectivity index (χ1v) is 16.2. The van der Waals surface area contributed by atoms with Crippen LogP contribution in [0.5, 0.6) is 0 Å². The first-order chi connectivity index (χ1) is 23.3. The predicted molar refractivity (Wildman–Crippen MR) is 193 cm³/mol. The van der Waals surface area contributed by atoms with Crippen molar-refractivity contribution in [2.45, 2.75) is 0 Å². The molecule has 0 atom stereocenters. The second-order valence-corrected chi connectivity index (χ2v) is 12.4. The first kappa shape index (κ1) is 27.2. The molecule has 4 aromatic heterocycles. The summed E-state index contributed by atoms with van der Waals surface area (Å²) in [7, 11) is 0. The minimum atomic E-state index is 0.630. The van der Waals surface area contributed by atoms with E-state index >= 15 is 0 Å². The molecule has 9 aromatic rings. The van der Waals surface area contributed by atoms with Crippen molar-refractivity contribution in [3.05, 3.63) is 152 Å². The third kappa shape index (κ3) is 5.01. The third-order valence-electron chi connectivity index (χ3n) is 8.40. The Balaban J connectivity index is 1.11. The molecule has 0 unspecified atom stereocenters. The van der Waals surface area contributed by atoms with E-state index in [1.54, 1.807) is 11.3 Å². The second kappa shape index (κ2) is 11.4. The minimum Gasteiger partial charge on any atom is -0.253 e. The van der Waals surface area contributed by atoms with Crippen LogP contribution in [0, 0.1) is 0 Å². The average molecular weight is 620 g/mol. The number of benzene rings is 5. The summed E-state index contributed by atoms with van der Waals surface area (Å²) in [6.45, 7) is 0. The molecule has 0 fully saturated rings. The second-order valence-electron chi connectivity index (χ2n) is 11.4. The highest BCUT2D eigenvalue weighted by Crippen LogP contribution is 2.39. The fourth-order valence-electron chi connectivity index (χ4n) is 5.99. The topological polar surface area (TPSA) is 64.5 Å². The van der Waals surface area contributed by atoms with Crippen LogP contribution in [-0.2, 0) is 0 Å². The molecule has 5 aromatic carbocycles. The van der Waals surface area contributed by atoms with E-state index in [9.17, 15) is 0 Å². The number of pyridine rings is 2. The number of fused-ring (bicyclic) bond motifs is 4. The molecule has 0 saturated carbocycles. The first-order valence-electron chi connectivity index (χ1n) is 15.4. The number of aromatic nitrogens is 5. The lowest BCUT2D eigenvalue weighted by Gasteiger charge is -2.10. The molecule has 0 aliphatic carbocycles. The molecule has 0 spiro atoms. The highest BCUT2D eigenvalue weighted by Gasteiger charge is 2.16. The predicted octanol–water partition coefficient (Wildman–Crippen LogP) is 10.5. The Hall–Kier alpha value is -6.11. The summed E-state index contributed by atoms with van der Waals surface area (Å²) in [6.07, 6.45) is 1.88. The molecule has 4 heterocycles. The van der Waals surface area contributed by atoms with Crippen LogP contribution in [0.3, 0.4) is 0 Å². The Kier molecular flexibility index (Phi) is 6.58. The van der Waals surface area contributed by atoms with E-state index in [0.29, 0.717) is 17.5 Å². The van der Waals surface area contributed by atoms with Crippen LogP contribution in [0.25, 0.3) is 87.8 Å². The van der Waals surface area contributed by atoms with Gasteiger partial charge in [-0.25, -0.2) is 19.9 Å². The number of rotatable bonds is 5. The lowest BCUT2D eigenvalue weighted by Crippen LogP contribution is -2.00. The van der Waals surface area contributed by atoms with Crippen molar-refractivity contribution in [1.82, 2.24) is 24.9 Å². The van der Waals surface area contributed by atoms with E-state index < -0.39 is 0 Å². The van der Waals surface area contributed by atoms with Gasteiger partial charge in [-0.05, 0) is 34.9 Å². The molecular weight excluding hydrogens is 595 g/mol. The monoisotopic (exact) mass is 619 g/mol. The van der Waals surface area contributed by atoms with Crippen LogP contribution in [0.1, 0.15) is 0 Å². The van der Waals surface area contributed by atoms with Gasteiger partial charge in [0.15, 0.2) is 17.5 Å². The van der Waals surface area contributed by atoms with Crippen LogP contribution in [-0.4, -0.2) is 24.9 Å². The molecule has 47 heavy (non-hydrogen) atoms. The van der Waals surface area contributed by atoms with E-state index in [2.05, 4.69) is 97.1 Å². The van der Waals surface area contributed by atoms with Crippen molar-refractivity contribution >= 4 is 42.7 Å². The maximum absolute atomic E-state index is 4.97. The lowest BCUT2D eigenvalue weighted by molar-refractivity contribution is 1.07. The van der Waals surface area contributed by atoms with Crippen molar-refractivity contribution in [2.24, 2.45) is 0 Å². The number of thiophene rings is 1. The molecule has 9 rings (SSSR count). The van der Waals surface area contributed by atoms with Crippen LogP contribution in [0.4, 0.5) is 0 Å². The molecule has 0 radical (unpaired) electrons. The van der Waals surface area contributed by atoms with Gasteiger partial charge >= 0.3 is 0 Å². The summed E-state index contributed by atoms with van der Waals surface area (Å²) in [5, 5.41) is 1.14. The summed E-state index contributed by atoms with van der Waals surface area (Å²) in [5.74, 6) is 1.91. The summed E-state index contributed by atoms with van der Waals surface area (Å²) < 4.78 is 2.27. The van der Waals surface area contributed by atoms with Gasteiger partial charge in [0.05, 0.1) is 14.9 Å². The normalized spacial score (nSPS) is 11.4. The molecule has 0 saturated heterocycles. The van der Waals surface area contributed by atoms with Crippen LogP contribution in [0.2, 0.25) is 0 Å². The maximum atomic E-state index is 4.97. The fraction of sp³-hybridized carbons (Fsp3) is 0. The molecule has 220 valence electrons. The molecule has 0 bridgehead atoms. The summed E-state index contributed by atoms with van der Waals surface area (Å²) in [6, 6.07) is 49.8. The van der Waals surface area contributed by atoms with Gasteiger partial charge in [-0.2, -0.15) is 0 Å². The van der Waals surface area contributed by atoms with Gasteiger partial charge in [0.2, 0.25) is 0 Å². The van der Waals surface area contributed by atoms with E-state index in [4.69, 9.17) is 24.9 Å². The standard InChI is InChI=1S/C41H25N5S/c1-3-9-26(10-4-1)27-15-19-30(20-16-27)40-44-39(29-11-5-2-6-12-29)45-41(46-40)31-21-17-28(18-22-31)33-23-24-42-37-36-35(47-38(33)37)25-32-13-7-8-14-34(32)43-36/h1-25H. The van der Waals surface area contributed by atoms with Crippen LogP contribution < -0.4 is 0 Å². The van der Waals surface area contributed by atoms with Gasteiger partial charge in [0, 0.05) is 33.8 Å². The van der Waals surface area contributed by atoms with E-state index in [0.717, 1.165) is 64.7 Å².